The maximum absolute atomic E-state index is 10.6. The van der Waals surface area contributed by atoms with Gasteiger partial charge in [0.1, 0.15) is 11.9 Å². The van der Waals surface area contributed by atoms with E-state index in [9.17, 15) is 10.1 Å². The van der Waals surface area contributed by atoms with Gasteiger partial charge in [0.15, 0.2) is 0 Å². The topological polar surface area (TPSA) is 87.6 Å². The second-order valence-electron chi connectivity index (χ2n) is 3.64. The van der Waals surface area contributed by atoms with Crippen LogP contribution < -0.4 is 10.5 Å². The van der Waals surface area contributed by atoms with Crippen molar-refractivity contribution in [3.63, 3.8) is 0 Å². The van der Waals surface area contributed by atoms with E-state index in [4.69, 9.17) is 15.2 Å². The number of nitro benzene ring substituents is 1. The smallest absolute Gasteiger partial charge is 0.270 e. The van der Waals surface area contributed by atoms with Crippen LogP contribution in [0.25, 0.3) is 0 Å². The van der Waals surface area contributed by atoms with Crippen LogP contribution in [0.15, 0.2) is 18.2 Å². The molecule has 0 saturated carbocycles. The van der Waals surface area contributed by atoms with E-state index in [2.05, 4.69) is 0 Å². The Morgan fingerprint density at radius 3 is 2.76 bits per heavy atom. The fraction of sp³-hybridized carbons (Fsp3) is 0.455. The standard InChI is InChI=1S/C11H16N2O4/c1-8(7-16-2)17-11-4-3-10(13(14)15)5-9(11)6-12/h3-5,8H,6-7,12H2,1-2H3. The zero-order valence-corrected chi connectivity index (χ0v) is 9.88. The van der Waals surface area contributed by atoms with Gasteiger partial charge in [-0.3, -0.25) is 10.1 Å². The molecule has 1 aromatic carbocycles. The Morgan fingerprint density at radius 1 is 1.53 bits per heavy atom. The zero-order chi connectivity index (χ0) is 12.8. The number of methoxy groups -OCH3 is 1. The number of nitrogens with zero attached hydrogens (tertiary/aromatic N) is 1. The van der Waals surface area contributed by atoms with Crippen molar-refractivity contribution in [3.8, 4) is 5.75 Å². The Kier molecular flexibility index (Phi) is 4.86. The molecule has 0 bridgehead atoms. The minimum absolute atomic E-state index is 0.0113. The predicted molar refractivity (Wildman–Crippen MR) is 63.0 cm³/mol. The number of nitrogens with two attached hydrogens (primary N) is 1. The summed E-state index contributed by atoms with van der Waals surface area (Å²) < 4.78 is 10.5. The molecular formula is C11H16N2O4. The van der Waals surface area contributed by atoms with E-state index in [0.717, 1.165) is 0 Å². The Bertz CT molecular complexity index is 395. The van der Waals surface area contributed by atoms with Gasteiger partial charge >= 0.3 is 0 Å². The maximum atomic E-state index is 10.6. The van der Waals surface area contributed by atoms with Crippen LogP contribution in [0.5, 0.6) is 5.75 Å². The molecule has 6 nitrogen and oxygen atoms in total. The first-order valence-corrected chi connectivity index (χ1v) is 5.21. The highest BCUT2D eigenvalue weighted by atomic mass is 16.6. The van der Waals surface area contributed by atoms with Crippen molar-refractivity contribution in [1.29, 1.82) is 0 Å². The van der Waals surface area contributed by atoms with Crippen molar-refractivity contribution in [2.45, 2.75) is 19.6 Å². The minimum Gasteiger partial charge on any atom is -0.488 e. The van der Waals surface area contributed by atoms with Gasteiger partial charge in [0.05, 0.1) is 11.5 Å². The Labute approximate surface area is 99.5 Å². The normalized spacial score (nSPS) is 12.2. The second kappa shape index (κ2) is 6.17. The maximum Gasteiger partial charge on any atom is 0.270 e. The summed E-state index contributed by atoms with van der Waals surface area (Å²) in [5.74, 6) is 0.558. The quantitative estimate of drug-likeness (QED) is 0.600. The predicted octanol–water partition coefficient (Wildman–Crippen LogP) is 1.47. The molecule has 0 aliphatic rings. The summed E-state index contributed by atoms with van der Waals surface area (Å²) in [6, 6.07) is 4.38. The molecule has 1 unspecified atom stereocenters. The lowest BCUT2D eigenvalue weighted by atomic mass is 10.2. The largest absolute Gasteiger partial charge is 0.488 e. The van der Waals surface area contributed by atoms with Gasteiger partial charge in [0.2, 0.25) is 0 Å². The molecule has 0 saturated heterocycles. The lowest BCUT2D eigenvalue weighted by molar-refractivity contribution is -0.384. The highest BCUT2D eigenvalue weighted by Gasteiger charge is 2.12. The monoisotopic (exact) mass is 240 g/mol. The van der Waals surface area contributed by atoms with E-state index < -0.39 is 4.92 Å². The molecule has 17 heavy (non-hydrogen) atoms. The molecule has 0 heterocycles. The second-order valence-corrected chi connectivity index (χ2v) is 3.64. The van der Waals surface area contributed by atoms with Crippen molar-refractivity contribution in [1.82, 2.24) is 0 Å². The molecule has 0 aliphatic heterocycles. The summed E-state index contributed by atoms with van der Waals surface area (Å²) >= 11 is 0. The summed E-state index contributed by atoms with van der Waals surface area (Å²) in [5, 5.41) is 10.6. The van der Waals surface area contributed by atoms with Gasteiger partial charge in [0, 0.05) is 31.4 Å². The van der Waals surface area contributed by atoms with Crippen molar-refractivity contribution in [3.05, 3.63) is 33.9 Å². The van der Waals surface area contributed by atoms with Gasteiger partial charge < -0.3 is 15.2 Å². The molecule has 0 radical (unpaired) electrons. The number of hydrogen-bond donors (Lipinski definition) is 1. The van der Waals surface area contributed by atoms with E-state index in [1.807, 2.05) is 6.92 Å². The van der Waals surface area contributed by atoms with Crippen molar-refractivity contribution in [2.24, 2.45) is 5.73 Å². The Morgan fingerprint density at radius 2 is 2.24 bits per heavy atom. The lowest BCUT2D eigenvalue weighted by Crippen LogP contribution is -2.19. The molecule has 6 heteroatoms. The van der Waals surface area contributed by atoms with Crippen molar-refractivity contribution < 1.29 is 14.4 Å². The minimum atomic E-state index is -0.457. The number of benzene rings is 1. The van der Waals surface area contributed by atoms with Crippen molar-refractivity contribution in [2.75, 3.05) is 13.7 Å². The van der Waals surface area contributed by atoms with Crippen LogP contribution in [0.1, 0.15) is 12.5 Å². The fourth-order valence-electron chi connectivity index (χ4n) is 1.44. The van der Waals surface area contributed by atoms with E-state index >= 15 is 0 Å². The average molecular weight is 240 g/mol. The first-order valence-electron chi connectivity index (χ1n) is 5.21. The van der Waals surface area contributed by atoms with Crippen LogP contribution in [0.4, 0.5) is 5.69 Å². The summed E-state index contributed by atoms with van der Waals surface area (Å²) in [6.07, 6.45) is -0.133. The van der Waals surface area contributed by atoms with E-state index in [0.29, 0.717) is 17.9 Å². The molecule has 2 N–H and O–H groups in total. The Balaban J connectivity index is 2.88. The van der Waals surface area contributed by atoms with Crippen LogP contribution in [-0.4, -0.2) is 24.7 Å². The third-order valence-corrected chi connectivity index (χ3v) is 2.20. The van der Waals surface area contributed by atoms with Gasteiger partial charge in [-0.1, -0.05) is 0 Å². The molecule has 1 atom stereocenters. The molecular weight excluding hydrogens is 224 g/mol. The lowest BCUT2D eigenvalue weighted by Gasteiger charge is -2.16. The summed E-state index contributed by atoms with van der Waals surface area (Å²) in [5.41, 5.74) is 6.16. The van der Waals surface area contributed by atoms with Crippen LogP contribution in [0.2, 0.25) is 0 Å². The van der Waals surface area contributed by atoms with Crippen molar-refractivity contribution >= 4 is 5.69 Å². The third kappa shape index (κ3) is 3.69. The number of non-ortho nitro benzene ring substituents is 1. The highest BCUT2D eigenvalue weighted by molar-refractivity contribution is 5.43. The molecule has 0 spiro atoms. The zero-order valence-electron chi connectivity index (χ0n) is 9.88. The van der Waals surface area contributed by atoms with Crippen LogP contribution in [-0.2, 0) is 11.3 Å². The van der Waals surface area contributed by atoms with Gasteiger partial charge in [-0.15, -0.1) is 0 Å². The number of rotatable bonds is 6. The fourth-order valence-corrected chi connectivity index (χ4v) is 1.44. The van der Waals surface area contributed by atoms with Gasteiger partial charge in [0.25, 0.3) is 5.69 Å². The number of nitro groups is 1. The third-order valence-electron chi connectivity index (χ3n) is 2.20. The van der Waals surface area contributed by atoms with Crippen LogP contribution in [0, 0.1) is 10.1 Å². The molecule has 0 aliphatic carbocycles. The average Bonchev–Trinajstić information content (AvgIpc) is 2.29. The first kappa shape index (κ1) is 13.4. The first-order chi connectivity index (χ1) is 8.08. The SMILES string of the molecule is COCC(C)Oc1ccc([N+](=O)[O-])cc1CN. The van der Waals surface area contributed by atoms with E-state index in [-0.39, 0.29) is 18.3 Å². The molecule has 0 fully saturated rings. The van der Waals surface area contributed by atoms with E-state index in [1.54, 1.807) is 13.2 Å². The molecule has 1 rings (SSSR count). The van der Waals surface area contributed by atoms with Gasteiger partial charge in [-0.25, -0.2) is 0 Å². The number of ether oxygens (including phenoxy) is 2. The molecule has 0 amide bonds. The molecule has 94 valence electrons. The van der Waals surface area contributed by atoms with Gasteiger partial charge in [-0.05, 0) is 13.0 Å². The van der Waals surface area contributed by atoms with Crippen LogP contribution >= 0.6 is 0 Å². The Hall–Kier alpha value is -1.66. The van der Waals surface area contributed by atoms with Crippen LogP contribution in [0.3, 0.4) is 0 Å². The highest BCUT2D eigenvalue weighted by Crippen LogP contribution is 2.24. The summed E-state index contributed by atoms with van der Waals surface area (Å²) in [6.45, 7) is 2.49. The van der Waals surface area contributed by atoms with E-state index in [1.165, 1.54) is 12.1 Å². The number of hydrogen-bond acceptors (Lipinski definition) is 5. The molecule has 0 aromatic heterocycles. The summed E-state index contributed by atoms with van der Waals surface area (Å²) in [7, 11) is 1.58. The van der Waals surface area contributed by atoms with Gasteiger partial charge in [-0.2, -0.15) is 0 Å². The molecule has 1 aromatic rings. The summed E-state index contributed by atoms with van der Waals surface area (Å²) in [4.78, 5) is 10.2.